The molecule has 1 aliphatic carbocycles. The van der Waals surface area contributed by atoms with E-state index in [1.165, 1.54) is 18.4 Å². The molecule has 0 aliphatic heterocycles. The summed E-state index contributed by atoms with van der Waals surface area (Å²) in [6, 6.07) is 0.480. The first-order chi connectivity index (χ1) is 8.76. The van der Waals surface area contributed by atoms with Gasteiger partial charge in [0, 0.05) is 18.2 Å². The third-order valence-electron chi connectivity index (χ3n) is 3.39. The van der Waals surface area contributed by atoms with Crippen molar-refractivity contribution in [2.24, 2.45) is 0 Å². The van der Waals surface area contributed by atoms with Gasteiger partial charge in [0.15, 0.2) is 0 Å². The van der Waals surface area contributed by atoms with E-state index in [2.05, 4.69) is 43.0 Å². The average Bonchev–Trinajstić information content (AvgIpc) is 2.42. The van der Waals surface area contributed by atoms with Crippen molar-refractivity contribution >= 4 is 0 Å². The predicted octanol–water partition coefficient (Wildman–Crippen LogP) is 4.34. The summed E-state index contributed by atoms with van der Waals surface area (Å²) in [5, 5.41) is 3.51. The number of rotatable bonds is 8. The molecule has 0 saturated heterocycles. The van der Waals surface area contributed by atoms with E-state index < -0.39 is 0 Å². The molecule has 0 fully saturated rings. The Hall–Kier alpha value is -1.42. The van der Waals surface area contributed by atoms with Crippen LogP contribution in [0.4, 0.5) is 0 Å². The second-order valence-electron chi connectivity index (χ2n) is 4.89. The van der Waals surface area contributed by atoms with Crippen LogP contribution >= 0.6 is 0 Å². The Balaban J connectivity index is 2.25. The lowest BCUT2D eigenvalue weighted by molar-refractivity contribution is 0.509. The van der Waals surface area contributed by atoms with Gasteiger partial charge in [0.05, 0.1) is 0 Å². The third kappa shape index (κ3) is 5.77. The van der Waals surface area contributed by atoms with Crippen LogP contribution in [0.3, 0.4) is 0 Å². The summed E-state index contributed by atoms with van der Waals surface area (Å²) in [7, 11) is 0. The molecule has 0 amide bonds. The van der Waals surface area contributed by atoms with Gasteiger partial charge in [-0.1, -0.05) is 37.3 Å². The van der Waals surface area contributed by atoms with Crippen molar-refractivity contribution in [3.05, 3.63) is 36.1 Å². The Bertz CT molecular complexity index is 354. The fourth-order valence-electron chi connectivity index (χ4n) is 2.17. The largest absolute Gasteiger partial charge is 0.386 e. The summed E-state index contributed by atoms with van der Waals surface area (Å²) in [5.74, 6) is 2.70. The maximum absolute atomic E-state index is 5.30. The molecule has 1 rings (SSSR count). The van der Waals surface area contributed by atoms with E-state index in [1.807, 2.05) is 0 Å². The highest BCUT2D eigenvalue weighted by Crippen LogP contribution is 2.19. The maximum atomic E-state index is 5.30. The van der Waals surface area contributed by atoms with Gasteiger partial charge in [0.2, 0.25) is 0 Å². The lowest BCUT2D eigenvalue weighted by Gasteiger charge is -2.19. The van der Waals surface area contributed by atoms with Crippen LogP contribution in [-0.4, -0.2) is 6.04 Å². The van der Waals surface area contributed by atoms with E-state index in [4.69, 9.17) is 6.42 Å². The van der Waals surface area contributed by atoms with Crippen LogP contribution in [0.15, 0.2) is 36.1 Å². The Morgan fingerprint density at radius 2 is 2.44 bits per heavy atom. The van der Waals surface area contributed by atoms with Gasteiger partial charge in [-0.05, 0) is 38.5 Å². The number of nitrogens with one attached hydrogen (secondary N) is 1. The zero-order valence-electron chi connectivity index (χ0n) is 11.5. The molecule has 1 heteroatoms. The van der Waals surface area contributed by atoms with E-state index in [-0.39, 0.29) is 0 Å². The van der Waals surface area contributed by atoms with E-state index in [9.17, 15) is 0 Å². The summed E-state index contributed by atoms with van der Waals surface area (Å²) >= 11 is 0. The van der Waals surface area contributed by atoms with Crippen LogP contribution in [0.1, 0.15) is 51.9 Å². The van der Waals surface area contributed by atoms with Crippen LogP contribution in [0.25, 0.3) is 0 Å². The molecule has 0 radical (unpaired) electrons. The van der Waals surface area contributed by atoms with Crippen molar-refractivity contribution in [2.45, 2.75) is 57.9 Å². The zero-order chi connectivity index (χ0) is 13.2. The summed E-state index contributed by atoms with van der Waals surface area (Å²) in [6.45, 7) is 6.32. The maximum Gasteiger partial charge on any atom is 0.0264 e. The highest BCUT2D eigenvalue weighted by molar-refractivity contribution is 5.18. The van der Waals surface area contributed by atoms with Crippen LogP contribution in [0, 0.1) is 12.3 Å². The quantitative estimate of drug-likeness (QED) is 0.625. The van der Waals surface area contributed by atoms with Gasteiger partial charge < -0.3 is 5.32 Å². The normalized spacial score (nSPS) is 15.7. The molecule has 1 nitrogen and oxygen atoms in total. The summed E-state index contributed by atoms with van der Waals surface area (Å²) in [5.41, 5.74) is 2.69. The van der Waals surface area contributed by atoms with Crippen LogP contribution < -0.4 is 5.32 Å². The molecule has 18 heavy (non-hydrogen) atoms. The lowest BCUT2D eigenvalue weighted by atomic mass is 9.99. The van der Waals surface area contributed by atoms with E-state index in [0.29, 0.717) is 6.04 Å². The van der Waals surface area contributed by atoms with Gasteiger partial charge in [-0.15, -0.1) is 12.3 Å². The second-order valence-corrected chi connectivity index (χ2v) is 4.89. The molecule has 0 aromatic carbocycles. The van der Waals surface area contributed by atoms with Gasteiger partial charge in [-0.25, -0.2) is 0 Å². The van der Waals surface area contributed by atoms with Crippen LogP contribution in [-0.2, 0) is 0 Å². The topological polar surface area (TPSA) is 12.0 Å². The Morgan fingerprint density at radius 3 is 3.06 bits per heavy atom. The minimum Gasteiger partial charge on any atom is -0.386 e. The molecular formula is C17H25N. The second kappa shape index (κ2) is 8.64. The molecule has 1 unspecified atom stereocenters. The number of terminal acetylenes is 1. The smallest absolute Gasteiger partial charge is 0.0264 e. The van der Waals surface area contributed by atoms with Crippen molar-refractivity contribution in [3.63, 3.8) is 0 Å². The fraction of sp³-hybridized carbons (Fsp3) is 0.529. The number of hydrogen-bond acceptors (Lipinski definition) is 1. The van der Waals surface area contributed by atoms with E-state index in [0.717, 1.165) is 37.8 Å². The van der Waals surface area contributed by atoms with Gasteiger partial charge >= 0.3 is 0 Å². The number of allylic oxidation sites excluding steroid dienone is 5. The average molecular weight is 243 g/mol. The Labute approximate surface area is 112 Å². The van der Waals surface area contributed by atoms with Gasteiger partial charge in [0.25, 0.3) is 0 Å². The monoisotopic (exact) mass is 243 g/mol. The minimum absolute atomic E-state index is 0.480. The first kappa shape index (κ1) is 14.6. The molecule has 0 heterocycles. The summed E-state index contributed by atoms with van der Waals surface area (Å²) in [4.78, 5) is 0. The van der Waals surface area contributed by atoms with E-state index in [1.54, 1.807) is 0 Å². The first-order valence-corrected chi connectivity index (χ1v) is 6.98. The van der Waals surface area contributed by atoms with Crippen molar-refractivity contribution < 1.29 is 0 Å². The molecular weight excluding hydrogens is 218 g/mol. The molecule has 0 aromatic heterocycles. The molecule has 0 spiro atoms. The SMILES string of the molecule is C#CCCC(CC)NC(=C)CCC1=CC=CCC1. The van der Waals surface area contributed by atoms with Crippen molar-refractivity contribution in [1.29, 1.82) is 0 Å². The minimum atomic E-state index is 0.480. The molecule has 98 valence electrons. The van der Waals surface area contributed by atoms with E-state index >= 15 is 0 Å². The summed E-state index contributed by atoms with van der Waals surface area (Å²) < 4.78 is 0. The Morgan fingerprint density at radius 1 is 1.61 bits per heavy atom. The molecule has 1 aliphatic rings. The molecule has 0 bridgehead atoms. The Kier molecular flexibility index (Phi) is 7.03. The highest BCUT2D eigenvalue weighted by atomic mass is 14.9. The van der Waals surface area contributed by atoms with Crippen LogP contribution in [0.2, 0.25) is 0 Å². The first-order valence-electron chi connectivity index (χ1n) is 6.98. The van der Waals surface area contributed by atoms with Gasteiger partial charge in [-0.3, -0.25) is 0 Å². The summed E-state index contributed by atoms with van der Waals surface area (Å²) in [6.07, 6.45) is 19.5. The number of hydrogen-bond donors (Lipinski definition) is 1. The van der Waals surface area contributed by atoms with Gasteiger partial charge in [0.1, 0.15) is 0 Å². The molecule has 1 N–H and O–H groups in total. The van der Waals surface area contributed by atoms with Crippen molar-refractivity contribution in [2.75, 3.05) is 0 Å². The highest BCUT2D eigenvalue weighted by Gasteiger charge is 2.07. The molecule has 0 saturated carbocycles. The third-order valence-corrected chi connectivity index (χ3v) is 3.39. The molecule has 1 atom stereocenters. The van der Waals surface area contributed by atoms with Crippen LogP contribution in [0.5, 0.6) is 0 Å². The van der Waals surface area contributed by atoms with Crippen molar-refractivity contribution in [1.82, 2.24) is 5.32 Å². The molecule has 0 aromatic rings. The predicted molar refractivity (Wildman–Crippen MR) is 80.1 cm³/mol. The fourth-order valence-corrected chi connectivity index (χ4v) is 2.17. The standard InChI is InChI=1S/C17H25N/c1-4-6-12-17(5-2)18-15(3)13-14-16-10-8-7-9-11-16/h1,7-8,10,17-18H,3,5-6,9,11-14H2,2H3. The van der Waals surface area contributed by atoms with Gasteiger partial charge in [-0.2, -0.15) is 0 Å². The zero-order valence-corrected chi connectivity index (χ0v) is 11.5. The van der Waals surface area contributed by atoms with Crippen molar-refractivity contribution in [3.8, 4) is 12.3 Å². The lowest BCUT2D eigenvalue weighted by Crippen LogP contribution is -2.27.